The van der Waals surface area contributed by atoms with Crippen LogP contribution in [-0.2, 0) is 14.2 Å². The third-order valence-electron chi connectivity index (χ3n) is 7.03. The van der Waals surface area contributed by atoms with E-state index in [1.54, 1.807) is 0 Å². The molecule has 3 heteroatoms. The summed E-state index contributed by atoms with van der Waals surface area (Å²) in [5, 5.41) is 0. The summed E-state index contributed by atoms with van der Waals surface area (Å²) in [7, 11) is 0. The van der Waals surface area contributed by atoms with Crippen LogP contribution in [0.3, 0.4) is 0 Å². The van der Waals surface area contributed by atoms with E-state index in [0.29, 0.717) is 11.8 Å². The molecule has 2 aromatic rings. The highest BCUT2D eigenvalue weighted by Gasteiger charge is 2.42. The van der Waals surface area contributed by atoms with Crippen molar-refractivity contribution in [3.63, 3.8) is 0 Å². The molecule has 0 aliphatic carbocycles. The zero-order chi connectivity index (χ0) is 21.3. The van der Waals surface area contributed by atoms with Crippen LogP contribution in [0.1, 0.15) is 65.2 Å². The molecule has 2 heterocycles. The molecule has 0 aromatic heterocycles. The predicted octanol–water partition coefficient (Wildman–Crippen LogP) is 6.18. The van der Waals surface area contributed by atoms with Crippen molar-refractivity contribution in [2.45, 2.75) is 65.8 Å². The van der Waals surface area contributed by atoms with Crippen LogP contribution >= 0.6 is 0 Å². The van der Waals surface area contributed by atoms with Gasteiger partial charge in [0.15, 0.2) is 6.29 Å². The molecule has 0 bridgehead atoms. The summed E-state index contributed by atoms with van der Waals surface area (Å²) in [5.41, 5.74) is 7.78. The molecule has 4 rings (SSSR count). The summed E-state index contributed by atoms with van der Waals surface area (Å²) >= 11 is 0. The molecule has 2 aromatic carbocycles. The lowest BCUT2D eigenvalue weighted by Crippen LogP contribution is -2.40. The largest absolute Gasteiger partial charge is 0.381 e. The van der Waals surface area contributed by atoms with Crippen LogP contribution in [0.15, 0.2) is 36.4 Å². The fourth-order valence-corrected chi connectivity index (χ4v) is 5.25. The Kier molecular flexibility index (Phi) is 6.62. The Balaban J connectivity index is 1.63. The van der Waals surface area contributed by atoms with Crippen LogP contribution in [0.2, 0.25) is 0 Å². The van der Waals surface area contributed by atoms with E-state index >= 15 is 0 Å². The minimum Gasteiger partial charge on any atom is -0.381 e. The fourth-order valence-electron chi connectivity index (χ4n) is 5.25. The molecule has 162 valence electrons. The SMILES string of the molecule is Cc1cc(C)cc(C(C)OC2OCCC(C3CCOC3)C2c2ccc(C)c(C)c2)c1. The first-order valence-electron chi connectivity index (χ1n) is 11.4. The van der Waals surface area contributed by atoms with Gasteiger partial charge < -0.3 is 14.2 Å². The second kappa shape index (κ2) is 9.21. The highest BCUT2D eigenvalue weighted by atomic mass is 16.7. The Morgan fingerprint density at radius 1 is 0.900 bits per heavy atom. The Hall–Kier alpha value is -1.68. The van der Waals surface area contributed by atoms with Crippen LogP contribution in [0, 0.1) is 39.5 Å². The predicted molar refractivity (Wildman–Crippen MR) is 121 cm³/mol. The van der Waals surface area contributed by atoms with Crippen LogP contribution in [0.25, 0.3) is 0 Å². The first-order valence-corrected chi connectivity index (χ1v) is 11.4. The van der Waals surface area contributed by atoms with Gasteiger partial charge >= 0.3 is 0 Å². The van der Waals surface area contributed by atoms with Gasteiger partial charge in [-0.3, -0.25) is 0 Å². The smallest absolute Gasteiger partial charge is 0.165 e. The lowest BCUT2D eigenvalue weighted by Gasteiger charge is -2.42. The molecule has 2 saturated heterocycles. The highest BCUT2D eigenvalue weighted by Crippen LogP contribution is 2.44. The molecule has 3 nitrogen and oxygen atoms in total. The summed E-state index contributed by atoms with van der Waals surface area (Å²) < 4.78 is 18.7. The average Bonchev–Trinajstić information content (AvgIpc) is 3.24. The van der Waals surface area contributed by atoms with Crippen LogP contribution in [-0.4, -0.2) is 26.1 Å². The molecule has 0 amide bonds. The summed E-state index contributed by atoms with van der Waals surface area (Å²) in [5.74, 6) is 1.35. The van der Waals surface area contributed by atoms with Crippen LogP contribution in [0.5, 0.6) is 0 Å². The highest BCUT2D eigenvalue weighted by molar-refractivity contribution is 5.33. The van der Waals surface area contributed by atoms with Crippen molar-refractivity contribution in [2.75, 3.05) is 19.8 Å². The maximum absolute atomic E-state index is 6.65. The van der Waals surface area contributed by atoms with Gasteiger partial charge in [-0.2, -0.15) is 0 Å². The van der Waals surface area contributed by atoms with E-state index in [2.05, 4.69) is 71.0 Å². The van der Waals surface area contributed by atoms with Gasteiger partial charge in [0, 0.05) is 19.1 Å². The normalized spacial score (nSPS) is 27.9. The van der Waals surface area contributed by atoms with Crippen molar-refractivity contribution in [1.29, 1.82) is 0 Å². The van der Waals surface area contributed by atoms with Crippen molar-refractivity contribution < 1.29 is 14.2 Å². The van der Waals surface area contributed by atoms with Crippen LogP contribution in [0.4, 0.5) is 0 Å². The zero-order valence-corrected chi connectivity index (χ0v) is 19.1. The van der Waals surface area contributed by atoms with E-state index < -0.39 is 0 Å². The number of hydrogen-bond donors (Lipinski definition) is 0. The van der Waals surface area contributed by atoms with Gasteiger partial charge in [-0.25, -0.2) is 0 Å². The molecule has 5 unspecified atom stereocenters. The first kappa shape index (κ1) is 21.5. The molecule has 30 heavy (non-hydrogen) atoms. The fraction of sp³-hybridized carbons (Fsp3) is 0.556. The molecule has 0 saturated carbocycles. The van der Waals surface area contributed by atoms with Crippen LogP contribution < -0.4 is 0 Å². The molecule has 2 fully saturated rings. The number of ether oxygens (including phenoxy) is 3. The topological polar surface area (TPSA) is 27.7 Å². The van der Waals surface area contributed by atoms with E-state index in [-0.39, 0.29) is 18.3 Å². The maximum Gasteiger partial charge on any atom is 0.165 e. The van der Waals surface area contributed by atoms with Gasteiger partial charge in [-0.1, -0.05) is 47.5 Å². The second-order valence-corrected chi connectivity index (χ2v) is 9.38. The molecule has 5 atom stereocenters. The van der Waals surface area contributed by atoms with Crippen molar-refractivity contribution in [2.24, 2.45) is 11.8 Å². The molecule has 2 aliphatic heterocycles. The Bertz CT molecular complexity index is 848. The van der Waals surface area contributed by atoms with E-state index in [1.165, 1.54) is 33.4 Å². The van der Waals surface area contributed by atoms with Crippen molar-refractivity contribution in [3.05, 3.63) is 69.8 Å². The van der Waals surface area contributed by atoms with Gasteiger partial charge in [0.25, 0.3) is 0 Å². The van der Waals surface area contributed by atoms with Gasteiger partial charge in [-0.15, -0.1) is 0 Å². The molecule has 0 spiro atoms. The number of hydrogen-bond acceptors (Lipinski definition) is 3. The summed E-state index contributed by atoms with van der Waals surface area (Å²) in [6.45, 7) is 13.3. The Labute approximate surface area is 181 Å². The summed E-state index contributed by atoms with van der Waals surface area (Å²) in [6.07, 6.45) is 1.97. The minimum atomic E-state index is -0.234. The third kappa shape index (κ3) is 4.64. The van der Waals surface area contributed by atoms with Gasteiger partial charge in [0.1, 0.15) is 0 Å². The molecule has 0 N–H and O–H groups in total. The van der Waals surface area contributed by atoms with E-state index in [9.17, 15) is 0 Å². The van der Waals surface area contributed by atoms with Gasteiger partial charge in [-0.05, 0) is 81.5 Å². The number of rotatable bonds is 5. The zero-order valence-electron chi connectivity index (χ0n) is 19.1. The Morgan fingerprint density at radius 3 is 2.33 bits per heavy atom. The lowest BCUT2D eigenvalue weighted by molar-refractivity contribution is -0.213. The summed E-state index contributed by atoms with van der Waals surface area (Å²) in [4.78, 5) is 0. The lowest BCUT2D eigenvalue weighted by atomic mass is 9.73. The minimum absolute atomic E-state index is 0.0128. The molecular weight excluding hydrogens is 372 g/mol. The van der Waals surface area contributed by atoms with E-state index in [4.69, 9.17) is 14.2 Å². The molecular formula is C27H36O3. The molecule has 0 radical (unpaired) electrons. The monoisotopic (exact) mass is 408 g/mol. The maximum atomic E-state index is 6.65. The van der Waals surface area contributed by atoms with Crippen molar-refractivity contribution >= 4 is 0 Å². The second-order valence-electron chi connectivity index (χ2n) is 9.38. The quantitative estimate of drug-likeness (QED) is 0.591. The molecule has 2 aliphatic rings. The standard InChI is InChI=1S/C27H36O3/c1-17-12-18(2)14-24(13-17)21(5)30-27-26(22-7-6-19(3)20(4)15-22)25(9-11-29-27)23-8-10-28-16-23/h6-7,12-15,21,23,25-27H,8-11,16H2,1-5H3. The van der Waals surface area contributed by atoms with E-state index in [1.807, 2.05) is 0 Å². The summed E-state index contributed by atoms with van der Waals surface area (Å²) in [6, 6.07) is 13.5. The third-order valence-corrected chi connectivity index (χ3v) is 7.03. The average molecular weight is 409 g/mol. The number of benzene rings is 2. The van der Waals surface area contributed by atoms with E-state index in [0.717, 1.165) is 32.7 Å². The van der Waals surface area contributed by atoms with Crippen molar-refractivity contribution in [1.82, 2.24) is 0 Å². The van der Waals surface area contributed by atoms with Gasteiger partial charge in [0.2, 0.25) is 0 Å². The van der Waals surface area contributed by atoms with Crippen molar-refractivity contribution in [3.8, 4) is 0 Å². The van der Waals surface area contributed by atoms with Gasteiger partial charge in [0.05, 0.1) is 12.7 Å². The number of aryl methyl sites for hydroxylation is 4. The first-order chi connectivity index (χ1) is 14.4. The Morgan fingerprint density at radius 2 is 1.67 bits per heavy atom.